The summed E-state index contributed by atoms with van der Waals surface area (Å²) >= 11 is 0. The lowest BCUT2D eigenvalue weighted by atomic mass is 10.1. The first-order valence-electron chi connectivity index (χ1n) is 6.50. The summed E-state index contributed by atoms with van der Waals surface area (Å²) in [6.45, 7) is 11.7. The highest BCUT2D eigenvalue weighted by Gasteiger charge is 2.08. The summed E-state index contributed by atoms with van der Waals surface area (Å²) in [7, 11) is 0. The summed E-state index contributed by atoms with van der Waals surface area (Å²) in [4.78, 5) is 4.64. The van der Waals surface area contributed by atoms with Gasteiger partial charge in [-0.05, 0) is 23.8 Å². The zero-order valence-corrected chi connectivity index (χ0v) is 11.4. The van der Waals surface area contributed by atoms with Crippen LogP contribution in [0.2, 0.25) is 0 Å². The van der Waals surface area contributed by atoms with Gasteiger partial charge in [0.15, 0.2) is 0 Å². The molecule has 0 aliphatic carbocycles. The van der Waals surface area contributed by atoms with Crippen molar-refractivity contribution in [3.8, 4) is 0 Å². The van der Waals surface area contributed by atoms with Crippen LogP contribution in [0.1, 0.15) is 25.0 Å². The van der Waals surface area contributed by atoms with E-state index >= 15 is 0 Å². The second-order valence-electron chi connectivity index (χ2n) is 3.89. The van der Waals surface area contributed by atoms with Gasteiger partial charge in [-0.2, -0.15) is 0 Å². The van der Waals surface area contributed by atoms with Gasteiger partial charge in [-0.1, -0.05) is 51.3 Å². The van der Waals surface area contributed by atoms with Crippen molar-refractivity contribution in [3.05, 3.63) is 60.8 Å². The summed E-state index contributed by atoms with van der Waals surface area (Å²) < 4.78 is 2.08. The van der Waals surface area contributed by atoms with Gasteiger partial charge in [0.1, 0.15) is 5.65 Å². The highest BCUT2D eigenvalue weighted by atomic mass is 15.0. The van der Waals surface area contributed by atoms with Crippen LogP contribution in [0.25, 0.3) is 28.8 Å². The average molecular weight is 250 g/mol. The Morgan fingerprint density at radius 2 is 1.79 bits per heavy atom. The van der Waals surface area contributed by atoms with Crippen molar-refractivity contribution >= 4 is 28.8 Å². The van der Waals surface area contributed by atoms with E-state index in [1.807, 2.05) is 56.5 Å². The number of fused-ring (bicyclic) bond motifs is 3. The van der Waals surface area contributed by atoms with Gasteiger partial charge in [0.2, 0.25) is 0 Å². The van der Waals surface area contributed by atoms with E-state index in [0.29, 0.717) is 0 Å². The number of hydrogen-bond acceptors (Lipinski definition) is 1. The van der Waals surface area contributed by atoms with E-state index in [9.17, 15) is 0 Å². The van der Waals surface area contributed by atoms with Gasteiger partial charge in [-0.25, -0.2) is 4.98 Å². The first-order valence-corrected chi connectivity index (χ1v) is 6.50. The smallest absolute Gasteiger partial charge is 0.145 e. The summed E-state index contributed by atoms with van der Waals surface area (Å²) in [5.41, 5.74) is 5.12. The van der Waals surface area contributed by atoms with Crippen molar-refractivity contribution in [2.45, 2.75) is 13.8 Å². The van der Waals surface area contributed by atoms with Gasteiger partial charge in [0.05, 0.1) is 11.0 Å². The molecule has 0 N–H and O–H groups in total. The van der Waals surface area contributed by atoms with Crippen LogP contribution in [0, 0.1) is 0 Å². The molecule has 0 saturated heterocycles. The van der Waals surface area contributed by atoms with Gasteiger partial charge in [0, 0.05) is 11.8 Å². The molecule has 0 aliphatic heterocycles. The Hall–Kier alpha value is -2.35. The maximum atomic E-state index is 4.64. The van der Waals surface area contributed by atoms with Crippen LogP contribution in [0.3, 0.4) is 0 Å². The van der Waals surface area contributed by atoms with Crippen LogP contribution >= 0.6 is 0 Å². The molecule has 0 fully saturated rings. The predicted molar refractivity (Wildman–Crippen MR) is 84.2 cm³/mol. The number of rotatable bonds is 2. The van der Waals surface area contributed by atoms with Crippen LogP contribution in [-0.4, -0.2) is 9.38 Å². The summed E-state index contributed by atoms with van der Waals surface area (Å²) in [5.74, 6) is 0. The minimum absolute atomic E-state index is 0.929. The molecule has 0 radical (unpaired) electrons. The Labute approximate surface area is 113 Å². The zero-order valence-electron chi connectivity index (χ0n) is 11.4. The van der Waals surface area contributed by atoms with Crippen LogP contribution < -0.4 is 0 Å². The maximum absolute atomic E-state index is 4.64. The predicted octanol–water partition coefficient (Wildman–Crippen LogP) is 4.80. The normalized spacial score (nSPS) is 10.0. The second kappa shape index (κ2) is 5.53. The van der Waals surface area contributed by atoms with Crippen molar-refractivity contribution < 1.29 is 0 Å². The van der Waals surface area contributed by atoms with E-state index < -0.39 is 0 Å². The molecule has 96 valence electrons. The third-order valence-electron chi connectivity index (χ3n) is 2.97. The van der Waals surface area contributed by atoms with E-state index in [0.717, 1.165) is 27.8 Å². The average Bonchev–Trinajstić information content (AvgIpc) is 2.86. The highest BCUT2D eigenvalue weighted by molar-refractivity contribution is 5.85. The molecule has 0 aliphatic rings. The zero-order chi connectivity index (χ0) is 13.8. The third-order valence-corrected chi connectivity index (χ3v) is 2.97. The van der Waals surface area contributed by atoms with Crippen molar-refractivity contribution in [1.82, 2.24) is 9.38 Å². The molecule has 2 heteroatoms. The number of aromatic nitrogens is 2. The van der Waals surface area contributed by atoms with Crippen molar-refractivity contribution in [1.29, 1.82) is 0 Å². The van der Waals surface area contributed by atoms with Crippen molar-refractivity contribution in [2.75, 3.05) is 0 Å². The highest BCUT2D eigenvalue weighted by Crippen LogP contribution is 2.23. The van der Waals surface area contributed by atoms with Gasteiger partial charge < -0.3 is 0 Å². The molecule has 2 aromatic heterocycles. The molecule has 2 heterocycles. The maximum Gasteiger partial charge on any atom is 0.145 e. The summed E-state index contributed by atoms with van der Waals surface area (Å²) in [6, 6.07) is 10.1. The van der Waals surface area contributed by atoms with Crippen molar-refractivity contribution in [3.63, 3.8) is 0 Å². The third kappa shape index (κ3) is 2.06. The fourth-order valence-electron chi connectivity index (χ4n) is 2.15. The molecule has 0 saturated carbocycles. The van der Waals surface area contributed by atoms with Crippen LogP contribution in [0.4, 0.5) is 0 Å². The van der Waals surface area contributed by atoms with E-state index in [4.69, 9.17) is 0 Å². The number of imidazole rings is 1. The first kappa shape index (κ1) is 13.1. The standard InChI is InChI=1S/C15H12N2.C2H6/c1-3-11-9-10-17-14-8-6-5-7-13(14)16-15(17)12(11)4-2;1-2/h3-10H,1-2H2;1-2H3. The number of hydrogen-bond donors (Lipinski definition) is 0. The fourth-order valence-corrected chi connectivity index (χ4v) is 2.15. The van der Waals surface area contributed by atoms with Gasteiger partial charge >= 0.3 is 0 Å². The molecule has 19 heavy (non-hydrogen) atoms. The molecule has 0 atom stereocenters. The quantitative estimate of drug-likeness (QED) is 0.638. The second-order valence-corrected chi connectivity index (χ2v) is 3.89. The molecule has 1 aromatic carbocycles. The topological polar surface area (TPSA) is 17.3 Å². The van der Waals surface area contributed by atoms with E-state index in [-0.39, 0.29) is 0 Å². The first-order chi connectivity index (χ1) is 9.35. The molecular weight excluding hydrogens is 232 g/mol. The molecule has 3 rings (SSSR count). The molecule has 0 spiro atoms. The molecule has 0 bridgehead atoms. The Bertz CT molecular complexity index is 735. The molecule has 2 nitrogen and oxygen atoms in total. The molecular formula is C17H18N2. The largest absolute Gasteiger partial charge is 0.299 e. The SMILES string of the molecule is C=Cc1ccn2c(nc3ccccc32)c1C=C.CC. The lowest BCUT2D eigenvalue weighted by molar-refractivity contribution is 1.22. The monoisotopic (exact) mass is 250 g/mol. The van der Waals surface area contributed by atoms with Gasteiger partial charge in [0.25, 0.3) is 0 Å². The Morgan fingerprint density at radius 3 is 2.47 bits per heavy atom. The number of nitrogens with zero attached hydrogens (tertiary/aromatic N) is 2. The summed E-state index contributed by atoms with van der Waals surface area (Å²) in [5, 5.41) is 0. The van der Waals surface area contributed by atoms with E-state index in [1.54, 1.807) is 0 Å². The fraction of sp³-hybridized carbons (Fsp3) is 0.118. The lowest BCUT2D eigenvalue weighted by Gasteiger charge is -2.03. The number of pyridine rings is 1. The van der Waals surface area contributed by atoms with Gasteiger partial charge in [-0.15, -0.1) is 0 Å². The Balaban J connectivity index is 0.000000637. The molecule has 3 aromatic rings. The van der Waals surface area contributed by atoms with E-state index in [2.05, 4.69) is 28.6 Å². The Kier molecular flexibility index (Phi) is 3.81. The summed E-state index contributed by atoms with van der Waals surface area (Å²) in [6.07, 6.45) is 5.68. The van der Waals surface area contributed by atoms with Gasteiger partial charge in [-0.3, -0.25) is 4.40 Å². The minimum atomic E-state index is 0.929. The van der Waals surface area contributed by atoms with Crippen molar-refractivity contribution in [2.24, 2.45) is 0 Å². The van der Waals surface area contributed by atoms with Crippen LogP contribution in [0.15, 0.2) is 49.7 Å². The lowest BCUT2D eigenvalue weighted by Crippen LogP contribution is -1.90. The van der Waals surface area contributed by atoms with Crippen LogP contribution in [-0.2, 0) is 0 Å². The van der Waals surface area contributed by atoms with E-state index in [1.165, 1.54) is 0 Å². The molecule has 0 amide bonds. The number of benzene rings is 1. The Morgan fingerprint density at radius 1 is 1.05 bits per heavy atom. The van der Waals surface area contributed by atoms with Crippen LogP contribution in [0.5, 0.6) is 0 Å². The minimum Gasteiger partial charge on any atom is -0.299 e. The molecule has 0 unspecified atom stereocenters. The number of para-hydroxylation sites is 2.